The SMILES string of the molecule is CCN1CCN(C(CN)C(C)(C)C)C(=O)C1=O. The molecular weight excluding hydrogens is 218 g/mol. The zero-order chi connectivity index (χ0) is 13.2. The van der Waals surface area contributed by atoms with Crippen LogP contribution in [0.1, 0.15) is 27.7 Å². The Bertz CT molecular complexity index is 309. The van der Waals surface area contributed by atoms with E-state index in [9.17, 15) is 9.59 Å². The molecule has 1 aliphatic rings. The van der Waals surface area contributed by atoms with Crippen molar-refractivity contribution in [2.45, 2.75) is 33.7 Å². The van der Waals surface area contributed by atoms with Crippen LogP contribution in [-0.4, -0.2) is 53.8 Å². The van der Waals surface area contributed by atoms with Gasteiger partial charge in [-0.25, -0.2) is 0 Å². The molecule has 0 saturated carbocycles. The van der Waals surface area contributed by atoms with Crippen LogP contribution in [0.5, 0.6) is 0 Å². The van der Waals surface area contributed by atoms with E-state index in [0.717, 1.165) is 0 Å². The molecule has 1 fully saturated rings. The summed E-state index contributed by atoms with van der Waals surface area (Å²) in [6.07, 6.45) is 0. The largest absolute Gasteiger partial charge is 0.333 e. The molecule has 1 atom stereocenters. The first-order chi connectivity index (χ1) is 7.82. The number of hydrogen-bond donors (Lipinski definition) is 1. The fourth-order valence-electron chi connectivity index (χ4n) is 2.24. The van der Waals surface area contributed by atoms with Crippen molar-refractivity contribution in [1.82, 2.24) is 9.80 Å². The lowest BCUT2D eigenvalue weighted by molar-refractivity contribution is -0.159. The number of amides is 2. The second kappa shape index (κ2) is 5.04. The highest BCUT2D eigenvalue weighted by Gasteiger charge is 2.39. The molecule has 0 radical (unpaired) electrons. The lowest BCUT2D eigenvalue weighted by Gasteiger charge is -2.43. The van der Waals surface area contributed by atoms with Gasteiger partial charge < -0.3 is 15.5 Å². The van der Waals surface area contributed by atoms with Gasteiger partial charge in [0, 0.05) is 32.2 Å². The number of hydrogen-bond acceptors (Lipinski definition) is 3. The van der Waals surface area contributed by atoms with Crippen LogP contribution >= 0.6 is 0 Å². The van der Waals surface area contributed by atoms with E-state index in [1.54, 1.807) is 9.80 Å². The molecule has 0 aromatic carbocycles. The van der Waals surface area contributed by atoms with E-state index in [1.807, 2.05) is 27.7 Å². The van der Waals surface area contributed by atoms with Gasteiger partial charge in [0.05, 0.1) is 0 Å². The summed E-state index contributed by atoms with van der Waals surface area (Å²) in [5.41, 5.74) is 5.63. The Kier molecular flexibility index (Phi) is 4.14. The fraction of sp³-hybridized carbons (Fsp3) is 0.833. The maximum absolute atomic E-state index is 12.0. The molecule has 1 rings (SSSR count). The van der Waals surface area contributed by atoms with Crippen LogP contribution in [0.4, 0.5) is 0 Å². The predicted octanol–water partition coefficient (Wildman–Crippen LogP) is 0.0505. The molecule has 5 heteroatoms. The van der Waals surface area contributed by atoms with E-state index >= 15 is 0 Å². The van der Waals surface area contributed by atoms with Crippen LogP contribution in [-0.2, 0) is 9.59 Å². The average molecular weight is 241 g/mol. The van der Waals surface area contributed by atoms with Gasteiger partial charge in [0.1, 0.15) is 0 Å². The molecule has 17 heavy (non-hydrogen) atoms. The van der Waals surface area contributed by atoms with Crippen molar-refractivity contribution in [2.75, 3.05) is 26.2 Å². The number of carbonyl (C=O) groups is 2. The van der Waals surface area contributed by atoms with Gasteiger partial charge in [-0.1, -0.05) is 20.8 Å². The third-order valence-corrected chi connectivity index (χ3v) is 3.32. The van der Waals surface area contributed by atoms with E-state index in [-0.39, 0.29) is 11.5 Å². The molecule has 5 nitrogen and oxygen atoms in total. The predicted molar refractivity (Wildman–Crippen MR) is 66.3 cm³/mol. The first kappa shape index (κ1) is 14.0. The number of likely N-dealkylation sites (N-methyl/N-ethyl adjacent to an activating group) is 1. The molecule has 1 unspecified atom stereocenters. The second-order valence-electron chi connectivity index (χ2n) is 5.50. The molecule has 2 N–H and O–H groups in total. The summed E-state index contributed by atoms with van der Waals surface area (Å²) >= 11 is 0. The molecule has 0 aromatic heterocycles. The molecule has 0 aliphatic carbocycles. The fourth-order valence-corrected chi connectivity index (χ4v) is 2.24. The molecule has 0 aromatic rings. The van der Waals surface area contributed by atoms with Crippen LogP contribution < -0.4 is 5.73 Å². The van der Waals surface area contributed by atoms with Crippen molar-refractivity contribution < 1.29 is 9.59 Å². The van der Waals surface area contributed by atoms with Crippen molar-refractivity contribution in [3.05, 3.63) is 0 Å². The highest BCUT2D eigenvalue weighted by atomic mass is 16.2. The Hall–Kier alpha value is -1.10. The van der Waals surface area contributed by atoms with Gasteiger partial charge in [0.25, 0.3) is 0 Å². The van der Waals surface area contributed by atoms with Crippen LogP contribution in [0.3, 0.4) is 0 Å². The van der Waals surface area contributed by atoms with E-state index in [4.69, 9.17) is 5.73 Å². The smallest absolute Gasteiger partial charge is 0.312 e. The van der Waals surface area contributed by atoms with Crippen LogP contribution in [0.2, 0.25) is 0 Å². The standard InChI is InChI=1S/C12H23N3O2/c1-5-14-6-7-15(11(17)10(14)16)9(8-13)12(2,3)4/h9H,5-8,13H2,1-4H3. The maximum atomic E-state index is 12.0. The number of piperazine rings is 1. The highest BCUT2D eigenvalue weighted by Crippen LogP contribution is 2.25. The van der Waals surface area contributed by atoms with Crippen molar-refractivity contribution in [2.24, 2.45) is 11.1 Å². The summed E-state index contributed by atoms with van der Waals surface area (Å²) in [5, 5.41) is 0. The summed E-state index contributed by atoms with van der Waals surface area (Å²) in [4.78, 5) is 27.0. The van der Waals surface area contributed by atoms with Gasteiger partial charge in [-0.05, 0) is 12.3 Å². The molecule has 0 bridgehead atoms. The number of nitrogens with zero attached hydrogens (tertiary/aromatic N) is 2. The summed E-state index contributed by atoms with van der Waals surface area (Å²) in [5.74, 6) is -0.815. The van der Waals surface area contributed by atoms with E-state index in [0.29, 0.717) is 26.2 Å². The minimum atomic E-state index is -0.413. The Morgan fingerprint density at radius 1 is 1.24 bits per heavy atom. The quantitative estimate of drug-likeness (QED) is 0.710. The van der Waals surface area contributed by atoms with E-state index in [1.165, 1.54) is 0 Å². The van der Waals surface area contributed by atoms with Gasteiger partial charge in [-0.2, -0.15) is 0 Å². The molecule has 0 spiro atoms. The van der Waals surface area contributed by atoms with Crippen molar-refractivity contribution in [3.63, 3.8) is 0 Å². The third-order valence-electron chi connectivity index (χ3n) is 3.32. The second-order valence-corrected chi connectivity index (χ2v) is 5.50. The van der Waals surface area contributed by atoms with Crippen LogP contribution in [0.15, 0.2) is 0 Å². The minimum absolute atomic E-state index is 0.0852. The molecule has 1 saturated heterocycles. The van der Waals surface area contributed by atoms with Gasteiger partial charge in [-0.15, -0.1) is 0 Å². The lowest BCUT2D eigenvalue weighted by Crippen LogP contribution is -2.61. The topological polar surface area (TPSA) is 66.6 Å². The average Bonchev–Trinajstić information content (AvgIpc) is 2.23. The van der Waals surface area contributed by atoms with E-state index < -0.39 is 11.8 Å². The van der Waals surface area contributed by atoms with Gasteiger partial charge in [0.15, 0.2) is 0 Å². The summed E-state index contributed by atoms with van der Waals surface area (Å²) in [6, 6.07) is -0.0852. The van der Waals surface area contributed by atoms with Crippen molar-refractivity contribution in [1.29, 1.82) is 0 Å². The van der Waals surface area contributed by atoms with Crippen molar-refractivity contribution in [3.8, 4) is 0 Å². The highest BCUT2D eigenvalue weighted by molar-refractivity contribution is 6.35. The number of carbonyl (C=O) groups excluding carboxylic acids is 2. The minimum Gasteiger partial charge on any atom is -0.333 e. The molecular formula is C12H23N3O2. The van der Waals surface area contributed by atoms with Crippen LogP contribution in [0, 0.1) is 5.41 Å². The first-order valence-corrected chi connectivity index (χ1v) is 6.12. The monoisotopic (exact) mass is 241 g/mol. The summed E-state index contributed by atoms with van der Waals surface area (Å²) in [7, 11) is 0. The Balaban J connectivity index is 2.87. The zero-order valence-electron chi connectivity index (χ0n) is 11.2. The van der Waals surface area contributed by atoms with Gasteiger partial charge in [0.2, 0.25) is 0 Å². The number of rotatable bonds is 3. The van der Waals surface area contributed by atoms with E-state index in [2.05, 4.69) is 0 Å². The third kappa shape index (κ3) is 2.77. The Morgan fingerprint density at radius 2 is 1.82 bits per heavy atom. The molecule has 1 aliphatic heterocycles. The van der Waals surface area contributed by atoms with Crippen molar-refractivity contribution >= 4 is 11.8 Å². The number of nitrogens with two attached hydrogens (primary N) is 1. The normalized spacial score (nSPS) is 19.8. The first-order valence-electron chi connectivity index (χ1n) is 6.12. The Labute approximate surface area is 103 Å². The van der Waals surface area contributed by atoms with Crippen LogP contribution in [0.25, 0.3) is 0 Å². The summed E-state index contributed by atoms with van der Waals surface area (Å²) in [6.45, 7) is 10.1. The van der Waals surface area contributed by atoms with Gasteiger partial charge >= 0.3 is 11.8 Å². The molecule has 2 amide bonds. The Morgan fingerprint density at radius 3 is 2.24 bits per heavy atom. The maximum Gasteiger partial charge on any atom is 0.312 e. The lowest BCUT2D eigenvalue weighted by atomic mass is 9.85. The zero-order valence-corrected chi connectivity index (χ0v) is 11.2. The summed E-state index contributed by atoms with van der Waals surface area (Å²) < 4.78 is 0. The van der Waals surface area contributed by atoms with Gasteiger partial charge in [-0.3, -0.25) is 9.59 Å². The molecule has 1 heterocycles. The molecule has 98 valence electrons.